The third kappa shape index (κ3) is 4.07. The van der Waals surface area contributed by atoms with Crippen LogP contribution in [0.2, 0.25) is 0 Å². The molecule has 1 aromatic carbocycles. The fraction of sp³-hybridized carbons (Fsp3) is 0.500. The highest BCUT2D eigenvalue weighted by Gasteiger charge is 2.32. The van der Waals surface area contributed by atoms with Gasteiger partial charge in [0.05, 0.1) is 17.0 Å². The van der Waals surface area contributed by atoms with Crippen molar-refractivity contribution in [3.8, 4) is 11.5 Å². The molecule has 1 heterocycles. The zero-order chi connectivity index (χ0) is 16.3. The van der Waals surface area contributed by atoms with Crippen molar-refractivity contribution in [3.05, 3.63) is 22.2 Å². The molecule has 1 aromatic rings. The number of hydrogen-bond acceptors (Lipinski definition) is 4. The first-order valence-corrected chi connectivity index (χ1v) is 7.55. The number of hydrogen-bond donors (Lipinski definition) is 1. The molecule has 1 saturated heterocycles. The highest BCUT2D eigenvalue weighted by molar-refractivity contribution is 9.10. The maximum absolute atomic E-state index is 12.5. The SMILES string of the molecule is CCOc1cc(CN2CC(C(=O)O)C2)cc(Br)c1OC(F)F. The highest BCUT2D eigenvalue weighted by atomic mass is 79.9. The summed E-state index contributed by atoms with van der Waals surface area (Å²) in [5, 5.41) is 8.85. The van der Waals surface area contributed by atoms with Gasteiger partial charge >= 0.3 is 12.6 Å². The Morgan fingerprint density at radius 3 is 2.73 bits per heavy atom. The maximum Gasteiger partial charge on any atom is 0.387 e. The van der Waals surface area contributed by atoms with Crippen molar-refractivity contribution < 1.29 is 28.2 Å². The lowest BCUT2D eigenvalue weighted by atomic mass is 9.99. The number of halogens is 3. The van der Waals surface area contributed by atoms with Crippen LogP contribution < -0.4 is 9.47 Å². The van der Waals surface area contributed by atoms with Crippen molar-refractivity contribution in [2.75, 3.05) is 19.7 Å². The fourth-order valence-electron chi connectivity index (χ4n) is 2.29. The number of alkyl halides is 2. The molecule has 1 N–H and O–H groups in total. The molecule has 0 amide bonds. The average Bonchev–Trinajstić information content (AvgIpc) is 2.37. The Morgan fingerprint density at radius 2 is 2.18 bits per heavy atom. The van der Waals surface area contributed by atoms with E-state index >= 15 is 0 Å². The molecule has 0 bridgehead atoms. The second-order valence-corrected chi connectivity index (χ2v) is 5.80. The van der Waals surface area contributed by atoms with E-state index in [1.54, 1.807) is 19.1 Å². The standard InChI is InChI=1S/C14H16BrF2NO4/c1-2-21-11-4-8(3-10(15)12(11)22-14(16)17)5-18-6-9(7-18)13(19)20/h3-4,9,14H,2,5-7H2,1H3,(H,19,20). The number of carbonyl (C=O) groups is 1. The Bertz CT molecular complexity index is 550. The molecule has 0 saturated carbocycles. The molecule has 0 aliphatic carbocycles. The number of nitrogens with zero attached hydrogens (tertiary/aromatic N) is 1. The van der Waals surface area contributed by atoms with Crippen LogP contribution in [0.15, 0.2) is 16.6 Å². The van der Waals surface area contributed by atoms with Crippen LogP contribution in [0.25, 0.3) is 0 Å². The molecule has 122 valence electrons. The topological polar surface area (TPSA) is 59.0 Å². The van der Waals surface area contributed by atoms with E-state index in [0.29, 0.717) is 30.7 Å². The van der Waals surface area contributed by atoms with Crippen molar-refractivity contribution >= 4 is 21.9 Å². The molecule has 0 aromatic heterocycles. The van der Waals surface area contributed by atoms with E-state index in [2.05, 4.69) is 20.7 Å². The first-order chi connectivity index (χ1) is 10.4. The van der Waals surface area contributed by atoms with Crippen molar-refractivity contribution in [2.24, 2.45) is 5.92 Å². The van der Waals surface area contributed by atoms with Gasteiger partial charge < -0.3 is 14.6 Å². The Hall–Kier alpha value is -1.41. The number of carboxylic acid groups (broad SMARTS) is 1. The average molecular weight is 380 g/mol. The molecule has 1 aliphatic rings. The van der Waals surface area contributed by atoms with E-state index in [4.69, 9.17) is 9.84 Å². The first kappa shape index (κ1) is 17.0. The number of aliphatic carboxylic acids is 1. The number of ether oxygens (including phenoxy) is 2. The number of rotatable bonds is 7. The van der Waals surface area contributed by atoms with E-state index < -0.39 is 12.6 Å². The summed E-state index contributed by atoms with van der Waals surface area (Å²) in [6.07, 6.45) is 0. The van der Waals surface area contributed by atoms with E-state index in [1.807, 2.05) is 4.90 Å². The minimum absolute atomic E-state index is 0.0346. The summed E-state index contributed by atoms with van der Waals surface area (Å²) < 4.78 is 35.1. The Labute approximate surface area is 134 Å². The molecule has 0 atom stereocenters. The van der Waals surface area contributed by atoms with Crippen molar-refractivity contribution in [3.63, 3.8) is 0 Å². The molecule has 0 unspecified atom stereocenters. The zero-order valence-electron chi connectivity index (χ0n) is 11.9. The minimum Gasteiger partial charge on any atom is -0.490 e. The van der Waals surface area contributed by atoms with Crippen LogP contribution in [-0.2, 0) is 11.3 Å². The summed E-state index contributed by atoms with van der Waals surface area (Å²) in [6, 6.07) is 3.31. The van der Waals surface area contributed by atoms with Gasteiger partial charge in [0.15, 0.2) is 11.5 Å². The molecule has 0 spiro atoms. The second kappa shape index (κ2) is 7.23. The predicted octanol–water partition coefficient (Wildman–Crippen LogP) is 2.97. The van der Waals surface area contributed by atoms with Gasteiger partial charge in [-0.05, 0) is 40.5 Å². The largest absolute Gasteiger partial charge is 0.490 e. The number of carboxylic acids is 1. The molecular formula is C14H16BrF2NO4. The van der Waals surface area contributed by atoms with Crippen LogP contribution in [-0.4, -0.2) is 42.3 Å². The first-order valence-electron chi connectivity index (χ1n) is 6.75. The highest BCUT2D eigenvalue weighted by Crippen LogP contribution is 2.38. The molecule has 8 heteroatoms. The molecule has 0 radical (unpaired) electrons. The van der Waals surface area contributed by atoms with Crippen LogP contribution >= 0.6 is 15.9 Å². The van der Waals surface area contributed by atoms with Gasteiger partial charge in [0.1, 0.15) is 0 Å². The quantitative estimate of drug-likeness (QED) is 0.788. The van der Waals surface area contributed by atoms with Gasteiger partial charge in [-0.1, -0.05) is 0 Å². The lowest BCUT2D eigenvalue weighted by molar-refractivity contribution is -0.147. The monoisotopic (exact) mass is 379 g/mol. The van der Waals surface area contributed by atoms with Crippen molar-refractivity contribution in [2.45, 2.75) is 20.1 Å². The fourth-order valence-corrected chi connectivity index (χ4v) is 2.88. The van der Waals surface area contributed by atoms with E-state index in [1.165, 1.54) is 0 Å². The molecular weight excluding hydrogens is 364 g/mol. The van der Waals surface area contributed by atoms with Crippen molar-refractivity contribution in [1.29, 1.82) is 0 Å². The summed E-state index contributed by atoms with van der Waals surface area (Å²) in [6.45, 7) is 0.614. The predicted molar refractivity (Wildman–Crippen MR) is 78.3 cm³/mol. The number of likely N-dealkylation sites (tertiary alicyclic amines) is 1. The maximum atomic E-state index is 12.5. The van der Waals surface area contributed by atoms with E-state index in [9.17, 15) is 13.6 Å². The van der Waals surface area contributed by atoms with Crippen LogP contribution in [0, 0.1) is 5.92 Å². The summed E-state index contributed by atoms with van der Waals surface area (Å²) in [5.41, 5.74) is 0.834. The molecule has 2 rings (SSSR count). The lowest BCUT2D eigenvalue weighted by Gasteiger charge is -2.36. The van der Waals surface area contributed by atoms with Crippen LogP contribution in [0.4, 0.5) is 8.78 Å². The van der Waals surface area contributed by atoms with E-state index in [0.717, 1.165) is 5.56 Å². The molecule has 22 heavy (non-hydrogen) atoms. The van der Waals surface area contributed by atoms with Crippen LogP contribution in [0.1, 0.15) is 12.5 Å². The normalized spacial score (nSPS) is 15.7. The molecule has 1 aliphatic heterocycles. The van der Waals surface area contributed by atoms with Crippen LogP contribution in [0.3, 0.4) is 0 Å². The summed E-state index contributed by atoms with van der Waals surface area (Å²) in [7, 11) is 0. The summed E-state index contributed by atoms with van der Waals surface area (Å²) in [4.78, 5) is 12.7. The summed E-state index contributed by atoms with van der Waals surface area (Å²) >= 11 is 3.21. The van der Waals surface area contributed by atoms with Gasteiger partial charge in [0.2, 0.25) is 0 Å². The van der Waals surface area contributed by atoms with Gasteiger partial charge in [-0.2, -0.15) is 8.78 Å². The Morgan fingerprint density at radius 1 is 1.50 bits per heavy atom. The third-order valence-corrected chi connectivity index (χ3v) is 3.88. The van der Waals surface area contributed by atoms with Gasteiger partial charge in [-0.3, -0.25) is 9.69 Å². The van der Waals surface area contributed by atoms with Gasteiger partial charge in [-0.15, -0.1) is 0 Å². The number of benzene rings is 1. The molecule has 1 fully saturated rings. The van der Waals surface area contributed by atoms with Gasteiger partial charge in [0.25, 0.3) is 0 Å². The zero-order valence-corrected chi connectivity index (χ0v) is 13.5. The minimum atomic E-state index is -2.94. The van der Waals surface area contributed by atoms with E-state index in [-0.39, 0.29) is 17.4 Å². The van der Waals surface area contributed by atoms with Gasteiger partial charge in [0, 0.05) is 19.6 Å². The van der Waals surface area contributed by atoms with Crippen molar-refractivity contribution in [1.82, 2.24) is 4.90 Å². The van der Waals surface area contributed by atoms with Gasteiger partial charge in [-0.25, -0.2) is 0 Å². The Kier molecular flexibility index (Phi) is 5.57. The van der Waals surface area contributed by atoms with Crippen LogP contribution in [0.5, 0.6) is 11.5 Å². The smallest absolute Gasteiger partial charge is 0.387 e. The Balaban J connectivity index is 2.11. The lowest BCUT2D eigenvalue weighted by Crippen LogP contribution is -2.49. The second-order valence-electron chi connectivity index (χ2n) is 4.95. The summed E-state index contributed by atoms with van der Waals surface area (Å²) in [5.74, 6) is -0.931. The third-order valence-electron chi connectivity index (χ3n) is 3.29. The molecule has 5 nitrogen and oxygen atoms in total.